The van der Waals surface area contributed by atoms with Crippen LogP contribution in [0.25, 0.3) is 16.9 Å². The molecule has 0 radical (unpaired) electrons. The molecular weight excluding hydrogens is 277 g/mol. The summed E-state index contributed by atoms with van der Waals surface area (Å²) in [6, 6.07) is 14.4. The fourth-order valence-corrected chi connectivity index (χ4v) is 2.55. The molecule has 0 aliphatic rings. The summed E-state index contributed by atoms with van der Waals surface area (Å²) in [5, 5.41) is 4.70. The minimum atomic E-state index is -0.241. The molecule has 0 amide bonds. The lowest BCUT2D eigenvalue weighted by Crippen LogP contribution is -2.04. The maximum Gasteiger partial charge on any atom is 0.123 e. The van der Waals surface area contributed by atoms with E-state index in [0.29, 0.717) is 6.54 Å². The summed E-state index contributed by atoms with van der Waals surface area (Å²) in [6.45, 7) is 2.55. The smallest absolute Gasteiger partial charge is 0.123 e. The first kappa shape index (κ1) is 14.5. The van der Waals surface area contributed by atoms with Crippen molar-refractivity contribution in [1.29, 1.82) is 0 Å². The number of nitrogens with zero attached hydrogens (tertiary/aromatic N) is 2. The van der Waals surface area contributed by atoms with E-state index in [0.717, 1.165) is 34.5 Å². The Morgan fingerprint density at radius 2 is 1.77 bits per heavy atom. The highest BCUT2D eigenvalue weighted by Crippen LogP contribution is 2.25. The van der Waals surface area contributed by atoms with Gasteiger partial charge in [0.1, 0.15) is 5.82 Å². The lowest BCUT2D eigenvalue weighted by atomic mass is 10.1. The molecule has 22 heavy (non-hydrogen) atoms. The Hall–Kier alpha value is -2.46. The zero-order chi connectivity index (χ0) is 15.5. The summed E-state index contributed by atoms with van der Waals surface area (Å²) in [7, 11) is 0. The standard InChI is InChI=1S/C18H18FN3/c1-2-13-12-22(17-6-4-3-5-15(17)11-20)21-18(13)14-7-9-16(19)10-8-14/h3-10,12H,2,11,20H2,1H3. The van der Waals surface area contributed by atoms with Gasteiger partial charge in [0.15, 0.2) is 0 Å². The van der Waals surface area contributed by atoms with Gasteiger partial charge in [-0.25, -0.2) is 9.07 Å². The van der Waals surface area contributed by atoms with Crippen molar-refractivity contribution >= 4 is 0 Å². The SMILES string of the molecule is CCc1cn(-c2ccccc2CN)nc1-c1ccc(F)cc1. The van der Waals surface area contributed by atoms with E-state index in [1.54, 1.807) is 12.1 Å². The second-order valence-electron chi connectivity index (χ2n) is 5.14. The number of hydrogen-bond acceptors (Lipinski definition) is 2. The van der Waals surface area contributed by atoms with E-state index in [1.807, 2.05) is 35.1 Å². The zero-order valence-corrected chi connectivity index (χ0v) is 12.5. The molecule has 0 unspecified atom stereocenters. The Bertz CT molecular complexity index is 775. The van der Waals surface area contributed by atoms with Gasteiger partial charge in [-0.2, -0.15) is 5.10 Å². The molecule has 2 aromatic carbocycles. The fourth-order valence-electron chi connectivity index (χ4n) is 2.55. The summed E-state index contributed by atoms with van der Waals surface area (Å²) >= 11 is 0. The minimum Gasteiger partial charge on any atom is -0.326 e. The molecule has 4 heteroatoms. The first-order valence-corrected chi connectivity index (χ1v) is 7.35. The Labute approximate surface area is 129 Å². The molecule has 112 valence electrons. The van der Waals surface area contributed by atoms with Crippen molar-refractivity contribution in [3.05, 3.63) is 71.7 Å². The van der Waals surface area contributed by atoms with Crippen LogP contribution in [0.5, 0.6) is 0 Å². The van der Waals surface area contributed by atoms with Gasteiger partial charge in [0.25, 0.3) is 0 Å². The van der Waals surface area contributed by atoms with Crippen LogP contribution < -0.4 is 5.73 Å². The van der Waals surface area contributed by atoms with E-state index < -0.39 is 0 Å². The molecule has 0 spiro atoms. The molecular formula is C18H18FN3. The number of nitrogens with two attached hydrogens (primary N) is 1. The van der Waals surface area contributed by atoms with Crippen LogP contribution in [0.3, 0.4) is 0 Å². The van der Waals surface area contributed by atoms with Gasteiger partial charge in [-0.05, 0) is 47.9 Å². The summed E-state index contributed by atoms with van der Waals surface area (Å²) in [4.78, 5) is 0. The molecule has 1 heterocycles. The van der Waals surface area contributed by atoms with Crippen molar-refractivity contribution in [3.63, 3.8) is 0 Å². The van der Waals surface area contributed by atoms with Crippen LogP contribution >= 0.6 is 0 Å². The quantitative estimate of drug-likeness (QED) is 0.797. The predicted molar refractivity (Wildman–Crippen MR) is 86.2 cm³/mol. The maximum atomic E-state index is 13.1. The van der Waals surface area contributed by atoms with Crippen molar-refractivity contribution in [2.45, 2.75) is 19.9 Å². The Morgan fingerprint density at radius 1 is 1.05 bits per heavy atom. The van der Waals surface area contributed by atoms with E-state index in [9.17, 15) is 4.39 Å². The van der Waals surface area contributed by atoms with E-state index in [-0.39, 0.29) is 5.82 Å². The van der Waals surface area contributed by atoms with Crippen molar-refractivity contribution in [1.82, 2.24) is 9.78 Å². The summed E-state index contributed by atoms with van der Waals surface area (Å²) in [5.74, 6) is -0.241. The molecule has 1 aromatic heterocycles. The van der Waals surface area contributed by atoms with Gasteiger partial charge in [-0.1, -0.05) is 25.1 Å². The molecule has 0 aliphatic carbocycles. The second-order valence-corrected chi connectivity index (χ2v) is 5.14. The van der Waals surface area contributed by atoms with Crippen LogP contribution in [0.4, 0.5) is 4.39 Å². The number of aromatic nitrogens is 2. The molecule has 0 aliphatic heterocycles. The highest BCUT2D eigenvalue weighted by Gasteiger charge is 2.12. The topological polar surface area (TPSA) is 43.8 Å². The van der Waals surface area contributed by atoms with Gasteiger partial charge in [0, 0.05) is 18.3 Å². The monoisotopic (exact) mass is 295 g/mol. The highest BCUT2D eigenvalue weighted by molar-refractivity contribution is 5.63. The molecule has 3 rings (SSSR count). The lowest BCUT2D eigenvalue weighted by molar-refractivity contribution is 0.628. The van der Waals surface area contributed by atoms with Crippen molar-refractivity contribution < 1.29 is 4.39 Å². The van der Waals surface area contributed by atoms with E-state index in [4.69, 9.17) is 10.8 Å². The van der Waals surface area contributed by atoms with Crippen LogP contribution in [0.1, 0.15) is 18.1 Å². The number of para-hydroxylation sites is 1. The second kappa shape index (κ2) is 6.12. The Morgan fingerprint density at radius 3 is 2.45 bits per heavy atom. The molecule has 0 atom stereocenters. The van der Waals surface area contributed by atoms with Gasteiger partial charge in [0.05, 0.1) is 11.4 Å². The number of benzene rings is 2. The summed E-state index contributed by atoms with van der Waals surface area (Å²) in [5.41, 5.74) is 10.8. The van der Waals surface area contributed by atoms with Crippen LogP contribution in [0.15, 0.2) is 54.7 Å². The van der Waals surface area contributed by atoms with Crippen LogP contribution in [0.2, 0.25) is 0 Å². The fraction of sp³-hybridized carbons (Fsp3) is 0.167. The van der Waals surface area contributed by atoms with E-state index in [2.05, 4.69) is 6.92 Å². The van der Waals surface area contributed by atoms with Gasteiger partial charge in [-0.15, -0.1) is 0 Å². The molecule has 0 fully saturated rings. The van der Waals surface area contributed by atoms with Crippen LogP contribution in [0, 0.1) is 5.82 Å². The zero-order valence-electron chi connectivity index (χ0n) is 12.5. The normalized spacial score (nSPS) is 10.9. The van der Waals surface area contributed by atoms with E-state index in [1.165, 1.54) is 12.1 Å². The third-order valence-electron chi connectivity index (χ3n) is 3.75. The summed E-state index contributed by atoms with van der Waals surface area (Å²) in [6.07, 6.45) is 2.88. The average Bonchev–Trinajstić information content (AvgIpc) is 2.99. The van der Waals surface area contributed by atoms with Gasteiger partial charge in [-0.3, -0.25) is 0 Å². The summed E-state index contributed by atoms with van der Waals surface area (Å²) < 4.78 is 15.0. The number of halogens is 1. The molecule has 0 saturated carbocycles. The van der Waals surface area contributed by atoms with E-state index >= 15 is 0 Å². The average molecular weight is 295 g/mol. The Balaban J connectivity index is 2.10. The molecule has 3 aromatic rings. The maximum absolute atomic E-state index is 13.1. The Kier molecular flexibility index (Phi) is 4.02. The lowest BCUT2D eigenvalue weighted by Gasteiger charge is -2.07. The van der Waals surface area contributed by atoms with Crippen LogP contribution in [-0.2, 0) is 13.0 Å². The highest BCUT2D eigenvalue weighted by atomic mass is 19.1. The van der Waals surface area contributed by atoms with Crippen molar-refractivity contribution in [2.24, 2.45) is 5.73 Å². The third kappa shape index (κ3) is 2.65. The minimum absolute atomic E-state index is 0.241. The molecule has 3 nitrogen and oxygen atoms in total. The first-order chi connectivity index (χ1) is 10.7. The molecule has 2 N–H and O–H groups in total. The van der Waals surface area contributed by atoms with Gasteiger partial charge < -0.3 is 5.73 Å². The van der Waals surface area contributed by atoms with Gasteiger partial charge >= 0.3 is 0 Å². The molecule has 0 saturated heterocycles. The largest absolute Gasteiger partial charge is 0.326 e. The first-order valence-electron chi connectivity index (χ1n) is 7.35. The van der Waals surface area contributed by atoms with Crippen LogP contribution in [-0.4, -0.2) is 9.78 Å². The third-order valence-corrected chi connectivity index (χ3v) is 3.75. The number of aryl methyl sites for hydroxylation is 1. The van der Waals surface area contributed by atoms with Crippen molar-refractivity contribution in [2.75, 3.05) is 0 Å². The van der Waals surface area contributed by atoms with Gasteiger partial charge in [0.2, 0.25) is 0 Å². The predicted octanol–water partition coefficient (Wildman–Crippen LogP) is 3.70. The number of hydrogen-bond donors (Lipinski definition) is 1. The van der Waals surface area contributed by atoms with Crippen molar-refractivity contribution in [3.8, 4) is 16.9 Å². The molecule has 0 bridgehead atoms. The number of rotatable bonds is 4.